The van der Waals surface area contributed by atoms with E-state index >= 15 is 0 Å². The van der Waals surface area contributed by atoms with Crippen molar-refractivity contribution >= 4 is 5.97 Å². The van der Waals surface area contributed by atoms with Crippen LogP contribution in [0.3, 0.4) is 0 Å². The third-order valence-electron chi connectivity index (χ3n) is 2.20. The lowest BCUT2D eigenvalue weighted by Crippen LogP contribution is -2.46. The summed E-state index contributed by atoms with van der Waals surface area (Å²) in [5.41, 5.74) is 0. The summed E-state index contributed by atoms with van der Waals surface area (Å²) >= 11 is 0. The molecule has 5 heteroatoms. The molecule has 13 heavy (non-hydrogen) atoms. The normalized spacial score (nSPS) is 34.5. The monoisotopic (exact) mass is 190 g/mol. The Hall–Kier alpha value is -0.650. The molecule has 2 unspecified atom stereocenters. The van der Waals surface area contributed by atoms with Gasteiger partial charge in [-0.15, -0.1) is 0 Å². The van der Waals surface area contributed by atoms with Gasteiger partial charge in [0.05, 0.1) is 12.7 Å². The largest absolute Gasteiger partial charge is 0.479 e. The highest BCUT2D eigenvalue weighted by molar-refractivity contribution is 5.72. The maximum absolute atomic E-state index is 10.6. The van der Waals surface area contributed by atoms with Crippen molar-refractivity contribution in [2.45, 2.75) is 24.7 Å². The fourth-order valence-corrected chi connectivity index (χ4v) is 1.39. The number of carboxylic acids is 1. The number of hydrogen-bond acceptors (Lipinski definition) is 4. The Bertz CT molecular complexity index is 181. The smallest absolute Gasteiger partial charge is 0.332 e. The first kappa shape index (κ1) is 10.4. The SMILES string of the molecule is COC1COC(C(=O)O)C[C@@H]1OC. The molecule has 0 aromatic rings. The molecule has 0 saturated carbocycles. The van der Waals surface area contributed by atoms with Gasteiger partial charge >= 0.3 is 5.97 Å². The highest BCUT2D eigenvalue weighted by Crippen LogP contribution is 2.18. The second-order valence-corrected chi connectivity index (χ2v) is 2.94. The van der Waals surface area contributed by atoms with Crippen LogP contribution >= 0.6 is 0 Å². The van der Waals surface area contributed by atoms with E-state index < -0.39 is 12.1 Å². The van der Waals surface area contributed by atoms with Crippen LogP contribution in [0.2, 0.25) is 0 Å². The topological polar surface area (TPSA) is 65.0 Å². The van der Waals surface area contributed by atoms with Crippen LogP contribution in [0.15, 0.2) is 0 Å². The van der Waals surface area contributed by atoms with Gasteiger partial charge in [-0.05, 0) is 0 Å². The number of aliphatic carboxylic acids is 1. The Kier molecular flexibility index (Phi) is 3.65. The van der Waals surface area contributed by atoms with Crippen LogP contribution < -0.4 is 0 Å². The summed E-state index contributed by atoms with van der Waals surface area (Å²) in [5, 5.41) is 8.69. The summed E-state index contributed by atoms with van der Waals surface area (Å²) in [5.74, 6) is -0.948. The van der Waals surface area contributed by atoms with Gasteiger partial charge in [-0.3, -0.25) is 0 Å². The van der Waals surface area contributed by atoms with Gasteiger partial charge in [0.15, 0.2) is 6.10 Å². The van der Waals surface area contributed by atoms with E-state index in [2.05, 4.69) is 0 Å². The zero-order chi connectivity index (χ0) is 9.84. The molecule has 0 amide bonds. The lowest BCUT2D eigenvalue weighted by atomic mass is 10.0. The second-order valence-electron chi connectivity index (χ2n) is 2.94. The molecule has 1 fully saturated rings. The molecule has 0 bridgehead atoms. The molecule has 0 aromatic heterocycles. The van der Waals surface area contributed by atoms with Crippen molar-refractivity contribution < 1.29 is 24.1 Å². The summed E-state index contributed by atoms with van der Waals surface area (Å²) in [7, 11) is 3.10. The van der Waals surface area contributed by atoms with Crippen LogP contribution in [0.25, 0.3) is 0 Å². The molecule has 0 radical (unpaired) electrons. The van der Waals surface area contributed by atoms with Crippen molar-refractivity contribution in [1.29, 1.82) is 0 Å². The maximum Gasteiger partial charge on any atom is 0.332 e. The van der Waals surface area contributed by atoms with Gasteiger partial charge in [0, 0.05) is 20.6 Å². The van der Waals surface area contributed by atoms with Crippen molar-refractivity contribution in [3.05, 3.63) is 0 Å². The fourth-order valence-electron chi connectivity index (χ4n) is 1.39. The third-order valence-corrected chi connectivity index (χ3v) is 2.20. The summed E-state index contributed by atoms with van der Waals surface area (Å²) in [6.45, 7) is 0.270. The molecule has 1 aliphatic heterocycles. The molecule has 5 nitrogen and oxygen atoms in total. The molecule has 0 spiro atoms. The molecule has 1 saturated heterocycles. The molecule has 0 aliphatic carbocycles. The van der Waals surface area contributed by atoms with E-state index in [9.17, 15) is 4.79 Å². The first-order valence-electron chi connectivity index (χ1n) is 4.09. The minimum Gasteiger partial charge on any atom is -0.479 e. The summed E-state index contributed by atoms with van der Waals surface area (Å²) in [4.78, 5) is 10.6. The fraction of sp³-hybridized carbons (Fsp3) is 0.875. The van der Waals surface area contributed by atoms with Crippen molar-refractivity contribution in [3.63, 3.8) is 0 Å². The molecule has 3 atom stereocenters. The van der Waals surface area contributed by atoms with E-state index in [1.165, 1.54) is 0 Å². The van der Waals surface area contributed by atoms with Gasteiger partial charge < -0.3 is 19.3 Å². The minimum atomic E-state index is -0.948. The number of rotatable bonds is 3. The predicted molar refractivity (Wildman–Crippen MR) is 43.6 cm³/mol. The highest BCUT2D eigenvalue weighted by atomic mass is 16.6. The Labute approximate surface area is 76.6 Å². The van der Waals surface area contributed by atoms with E-state index in [1.54, 1.807) is 14.2 Å². The Morgan fingerprint density at radius 3 is 2.46 bits per heavy atom. The summed E-state index contributed by atoms with van der Waals surface area (Å²) < 4.78 is 15.3. The lowest BCUT2D eigenvalue weighted by molar-refractivity contribution is -0.175. The molecule has 1 heterocycles. The predicted octanol–water partition coefficient (Wildman–Crippen LogP) is -0.110. The molecule has 1 aliphatic rings. The number of carbonyl (C=O) groups is 1. The lowest BCUT2D eigenvalue weighted by Gasteiger charge is -2.32. The highest BCUT2D eigenvalue weighted by Gasteiger charge is 2.34. The maximum atomic E-state index is 10.6. The van der Waals surface area contributed by atoms with E-state index in [0.717, 1.165) is 0 Å². The molecule has 76 valence electrons. The van der Waals surface area contributed by atoms with Gasteiger partial charge in [-0.25, -0.2) is 4.79 Å². The average molecular weight is 190 g/mol. The minimum absolute atomic E-state index is 0.166. The zero-order valence-electron chi connectivity index (χ0n) is 7.73. The van der Waals surface area contributed by atoms with Crippen LogP contribution in [-0.4, -0.2) is 50.2 Å². The summed E-state index contributed by atoms with van der Waals surface area (Å²) in [6.07, 6.45) is -0.790. The summed E-state index contributed by atoms with van der Waals surface area (Å²) in [6, 6.07) is 0. The van der Waals surface area contributed by atoms with Crippen molar-refractivity contribution in [2.24, 2.45) is 0 Å². The zero-order valence-corrected chi connectivity index (χ0v) is 7.73. The Morgan fingerprint density at radius 2 is 2.00 bits per heavy atom. The van der Waals surface area contributed by atoms with E-state index in [0.29, 0.717) is 6.42 Å². The quantitative estimate of drug-likeness (QED) is 0.672. The Morgan fingerprint density at radius 1 is 1.38 bits per heavy atom. The second kappa shape index (κ2) is 4.55. The number of carboxylic acid groups (broad SMARTS) is 1. The van der Waals surface area contributed by atoms with Crippen LogP contribution in [0.1, 0.15) is 6.42 Å². The van der Waals surface area contributed by atoms with Crippen molar-refractivity contribution in [1.82, 2.24) is 0 Å². The van der Waals surface area contributed by atoms with Gasteiger partial charge in [0.1, 0.15) is 6.10 Å². The molecule has 0 aromatic carbocycles. The average Bonchev–Trinajstić information content (AvgIpc) is 2.16. The van der Waals surface area contributed by atoms with Crippen LogP contribution in [0.4, 0.5) is 0 Å². The van der Waals surface area contributed by atoms with Gasteiger partial charge in [0.25, 0.3) is 0 Å². The van der Waals surface area contributed by atoms with Crippen LogP contribution in [-0.2, 0) is 19.0 Å². The first-order chi connectivity index (χ1) is 6.19. The van der Waals surface area contributed by atoms with Crippen molar-refractivity contribution in [2.75, 3.05) is 20.8 Å². The van der Waals surface area contributed by atoms with Crippen LogP contribution in [0, 0.1) is 0 Å². The van der Waals surface area contributed by atoms with E-state index in [-0.39, 0.29) is 18.8 Å². The van der Waals surface area contributed by atoms with Crippen molar-refractivity contribution in [3.8, 4) is 0 Å². The Balaban J connectivity index is 2.52. The molecular weight excluding hydrogens is 176 g/mol. The van der Waals surface area contributed by atoms with Gasteiger partial charge in [-0.2, -0.15) is 0 Å². The van der Waals surface area contributed by atoms with E-state index in [4.69, 9.17) is 19.3 Å². The first-order valence-corrected chi connectivity index (χ1v) is 4.09. The molecule has 1 N–H and O–H groups in total. The van der Waals surface area contributed by atoms with Gasteiger partial charge in [0.2, 0.25) is 0 Å². The number of methoxy groups -OCH3 is 2. The molecule has 1 rings (SSSR count). The van der Waals surface area contributed by atoms with Gasteiger partial charge in [-0.1, -0.05) is 0 Å². The standard InChI is InChI=1S/C8H14O5/c1-11-5-3-6(8(9)10)13-4-7(5)12-2/h5-7H,3-4H2,1-2H3,(H,9,10)/t5-,6?,7?/m0/s1. The van der Waals surface area contributed by atoms with Crippen LogP contribution in [0.5, 0.6) is 0 Å². The third kappa shape index (κ3) is 2.40. The number of hydrogen-bond donors (Lipinski definition) is 1. The number of ether oxygens (including phenoxy) is 3. The van der Waals surface area contributed by atoms with E-state index in [1.807, 2.05) is 0 Å². The molecular formula is C8H14O5.